The number of anilines is 1. The van der Waals surface area contributed by atoms with E-state index < -0.39 is 0 Å². The van der Waals surface area contributed by atoms with Gasteiger partial charge in [0.15, 0.2) is 0 Å². The summed E-state index contributed by atoms with van der Waals surface area (Å²) in [7, 11) is 1.37. The Balaban J connectivity index is 3.06. The minimum absolute atomic E-state index is 0.370. The number of benzene rings is 1. The van der Waals surface area contributed by atoms with E-state index >= 15 is 0 Å². The molecule has 4 nitrogen and oxygen atoms in total. The number of nitrogens with zero attached hydrogens (tertiary/aromatic N) is 1. The molecule has 94 valence electrons. The van der Waals surface area contributed by atoms with Gasteiger partial charge < -0.3 is 10.5 Å². The minimum atomic E-state index is -0.370. The van der Waals surface area contributed by atoms with E-state index in [-0.39, 0.29) is 5.97 Å². The molecule has 0 aromatic heterocycles. The van der Waals surface area contributed by atoms with E-state index in [4.69, 9.17) is 10.5 Å². The summed E-state index contributed by atoms with van der Waals surface area (Å²) in [6, 6.07) is 5.50. The molecule has 0 bridgehead atoms. The van der Waals surface area contributed by atoms with Gasteiger partial charge in [0.25, 0.3) is 0 Å². The SMILES string of the molecule is CCN(CC)Cc1cccc(N)c1C(=O)OC. The summed E-state index contributed by atoms with van der Waals surface area (Å²) in [6.07, 6.45) is 0. The maximum Gasteiger partial charge on any atom is 0.340 e. The molecule has 4 heteroatoms. The molecular weight excluding hydrogens is 216 g/mol. The molecule has 0 heterocycles. The van der Waals surface area contributed by atoms with Crippen LogP contribution in [-0.2, 0) is 11.3 Å². The molecular formula is C13H20N2O2. The van der Waals surface area contributed by atoms with Gasteiger partial charge in [-0.05, 0) is 24.7 Å². The van der Waals surface area contributed by atoms with Crippen LogP contribution < -0.4 is 5.73 Å². The van der Waals surface area contributed by atoms with Gasteiger partial charge in [0, 0.05) is 12.2 Å². The van der Waals surface area contributed by atoms with Crippen LogP contribution in [0.3, 0.4) is 0 Å². The first-order valence-corrected chi connectivity index (χ1v) is 5.82. The average molecular weight is 236 g/mol. The van der Waals surface area contributed by atoms with Gasteiger partial charge in [-0.15, -0.1) is 0 Å². The molecule has 0 saturated carbocycles. The first kappa shape index (κ1) is 13.5. The van der Waals surface area contributed by atoms with E-state index in [9.17, 15) is 4.79 Å². The van der Waals surface area contributed by atoms with Gasteiger partial charge in [-0.1, -0.05) is 26.0 Å². The predicted octanol–water partition coefficient (Wildman–Crippen LogP) is 1.90. The molecule has 0 unspecified atom stereocenters. The molecule has 1 aromatic carbocycles. The summed E-state index contributed by atoms with van der Waals surface area (Å²) in [4.78, 5) is 13.9. The number of carbonyl (C=O) groups is 1. The van der Waals surface area contributed by atoms with Gasteiger partial charge in [-0.2, -0.15) is 0 Å². The molecule has 1 aromatic rings. The zero-order chi connectivity index (χ0) is 12.8. The van der Waals surface area contributed by atoms with Gasteiger partial charge in [0.1, 0.15) is 0 Å². The maximum absolute atomic E-state index is 11.7. The van der Waals surface area contributed by atoms with Crippen molar-refractivity contribution < 1.29 is 9.53 Å². The third kappa shape index (κ3) is 3.20. The van der Waals surface area contributed by atoms with Crippen molar-refractivity contribution >= 4 is 11.7 Å². The summed E-state index contributed by atoms with van der Waals surface area (Å²) >= 11 is 0. The molecule has 17 heavy (non-hydrogen) atoms. The summed E-state index contributed by atoms with van der Waals surface area (Å²) < 4.78 is 4.77. The predicted molar refractivity (Wildman–Crippen MR) is 68.8 cm³/mol. The van der Waals surface area contributed by atoms with E-state index in [1.807, 2.05) is 12.1 Å². The van der Waals surface area contributed by atoms with Gasteiger partial charge in [0.2, 0.25) is 0 Å². The van der Waals surface area contributed by atoms with Crippen LogP contribution in [0.4, 0.5) is 5.69 Å². The van der Waals surface area contributed by atoms with Crippen LogP contribution in [0.5, 0.6) is 0 Å². The third-order valence-electron chi connectivity index (χ3n) is 2.86. The molecule has 2 N–H and O–H groups in total. The highest BCUT2D eigenvalue weighted by Gasteiger charge is 2.16. The van der Waals surface area contributed by atoms with Crippen LogP contribution in [0.15, 0.2) is 18.2 Å². The minimum Gasteiger partial charge on any atom is -0.465 e. The fourth-order valence-electron chi connectivity index (χ4n) is 1.79. The molecule has 0 aliphatic carbocycles. The molecule has 1 rings (SSSR count). The number of nitrogen functional groups attached to an aromatic ring is 1. The van der Waals surface area contributed by atoms with Crippen molar-refractivity contribution in [2.45, 2.75) is 20.4 Å². The van der Waals surface area contributed by atoms with Crippen molar-refractivity contribution in [3.63, 3.8) is 0 Å². The fourth-order valence-corrected chi connectivity index (χ4v) is 1.79. The Bertz CT molecular complexity index is 387. The van der Waals surface area contributed by atoms with Crippen molar-refractivity contribution in [3.05, 3.63) is 29.3 Å². The zero-order valence-corrected chi connectivity index (χ0v) is 10.7. The van der Waals surface area contributed by atoms with Gasteiger partial charge >= 0.3 is 5.97 Å². The normalized spacial score (nSPS) is 10.6. The summed E-state index contributed by atoms with van der Waals surface area (Å²) in [5.74, 6) is -0.370. The molecule has 0 spiro atoms. The van der Waals surface area contributed by atoms with Crippen molar-refractivity contribution in [2.75, 3.05) is 25.9 Å². The summed E-state index contributed by atoms with van der Waals surface area (Å²) in [5.41, 5.74) is 7.72. The van der Waals surface area contributed by atoms with Crippen LogP contribution in [0, 0.1) is 0 Å². The number of methoxy groups -OCH3 is 1. The van der Waals surface area contributed by atoms with E-state index in [0.29, 0.717) is 17.8 Å². The number of hydrogen-bond acceptors (Lipinski definition) is 4. The van der Waals surface area contributed by atoms with Crippen LogP contribution in [-0.4, -0.2) is 31.1 Å². The number of ether oxygens (including phenoxy) is 1. The Morgan fingerprint density at radius 2 is 2.00 bits per heavy atom. The van der Waals surface area contributed by atoms with Gasteiger partial charge in [-0.3, -0.25) is 4.90 Å². The number of carbonyl (C=O) groups excluding carboxylic acids is 1. The summed E-state index contributed by atoms with van der Waals surface area (Å²) in [6.45, 7) is 6.77. The number of esters is 1. The van der Waals surface area contributed by atoms with Crippen LogP contribution >= 0.6 is 0 Å². The smallest absolute Gasteiger partial charge is 0.340 e. The Kier molecular flexibility index (Phi) is 4.97. The molecule has 0 aliphatic heterocycles. The first-order valence-electron chi connectivity index (χ1n) is 5.82. The fraction of sp³-hybridized carbons (Fsp3) is 0.462. The second-order valence-corrected chi connectivity index (χ2v) is 3.83. The molecule has 0 amide bonds. The molecule has 0 fully saturated rings. The van der Waals surface area contributed by atoms with Crippen LogP contribution in [0.25, 0.3) is 0 Å². The molecule has 0 radical (unpaired) electrons. The van der Waals surface area contributed by atoms with Crippen molar-refractivity contribution in [3.8, 4) is 0 Å². The number of rotatable bonds is 5. The Hall–Kier alpha value is -1.55. The quantitative estimate of drug-likeness (QED) is 0.626. The lowest BCUT2D eigenvalue weighted by Gasteiger charge is -2.20. The Labute approximate surface area is 102 Å². The number of nitrogens with two attached hydrogens (primary N) is 1. The van der Waals surface area contributed by atoms with Gasteiger partial charge in [-0.25, -0.2) is 4.79 Å². The topological polar surface area (TPSA) is 55.6 Å². The van der Waals surface area contributed by atoms with Crippen molar-refractivity contribution in [1.82, 2.24) is 4.90 Å². The van der Waals surface area contributed by atoms with E-state index in [2.05, 4.69) is 18.7 Å². The van der Waals surface area contributed by atoms with Crippen LogP contribution in [0.1, 0.15) is 29.8 Å². The Morgan fingerprint density at radius 3 is 2.53 bits per heavy atom. The molecule has 0 aliphatic rings. The highest BCUT2D eigenvalue weighted by molar-refractivity contribution is 5.96. The molecule has 0 saturated heterocycles. The first-order chi connectivity index (χ1) is 8.13. The summed E-state index contributed by atoms with van der Waals surface area (Å²) in [5, 5.41) is 0. The lowest BCUT2D eigenvalue weighted by atomic mass is 10.0. The van der Waals surface area contributed by atoms with Crippen LogP contribution in [0.2, 0.25) is 0 Å². The lowest BCUT2D eigenvalue weighted by Crippen LogP contribution is -2.24. The van der Waals surface area contributed by atoms with Gasteiger partial charge in [0.05, 0.1) is 12.7 Å². The van der Waals surface area contributed by atoms with E-state index in [1.54, 1.807) is 6.07 Å². The van der Waals surface area contributed by atoms with E-state index in [0.717, 1.165) is 18.7 Å². The van der Waals surface area contributed by atoms with Crippen molar-refractivity contribution in [1.29, 1.82) is 0 Å². The number of hydrogen-bond donors (Lipinski definition) is 1. The van der Waals surface area contributed by atoms with E-state index in [1.165, 1.54) is 7.11 Å². The van der Waals surface area contributed by atoms with Crippen molar-refractivity contribution in [2.24, 2.45) is 0 Å². The third-order valence-corrected chi connectivity index (χ3v) is 2.86. The highest BCUT2D eigenvalue weighted by atomic mass is 16.5. The Morgan fingerprint density at radius 1 is 1.35 bits per heavy atom. The largest absolute Gasteiger partial charge is 0.465 e. The average Bonchev–Trinajstić information content (AvgIpc) is 2.35. The lowest BCUT2D eigenvalue weighted by molar-refractivity contribution is 0.0599. The monoisotopic (exact) mass is 236 g/mol. The standard InChI is InChI=1S/C13H20N2O2/c1-4-15(5-2)9-10-7-6-8-11(14)12(10)13(16)17-3/h6-8H,4-5,9,14H2,1-3H3. The second-order valence-electron chi connectivity index (χ2n) is 3.83. The maximum atomic E-state index is 11.7. The highest BCUT2D eigenvalue weighted by Crippen LogP contribution is 2.19. The second kappa shape index (κ2) is 6.25. The zero-order valence-electron chi connectivity index (χ0n) is 10.7. The molecule has 0 atom stereocenters.